The minimum atomic E-state index is -0.595. The summed E-state index contributed by atoms with van der Waals surface area (Å²) in [4.78, 5) is 12.4. The van der Waals surface area contributed by atoms with Gasteiger partial charge in [0.1, 0.15) is 11.6 Å². The zero-order valence-corrected chi connectivity index (χ0v) is 10.7. The topological polar surface area (TPSA) is 52.3 Å². The third-order valence-electron chi connectivity index (χ3n) is 2.83. The molecule has 2 aromatic carbocycles. The molecule has 98 valence electrons. The van der Waals surface area contributed by atoms with Gasteiger partial charge in [-0.05, 0) is 37.3 Å². The Morgan fingerprint density at radius 2 is 1.89 bits per heavy atom. The first-order chi connectivity index (χ1) is 9.02. The Morgan fingerprint density at radius 1 is 1.16 bits per heavy atom. The molecule has 0 unspecified atom stereocenters. The van der Waals surface area contributed by atoms with Gasteiger partial charge in [0.25, 0.3) is 0 Å². The first kappa shape index (κ1) is 13.1. The molecule has 19 heavy (non-hydrogen) atoms. The molecule has 3 nitrogen and oxygen atoms in total. The standard InChI is InChI=1S/C15H14FNO2/c1-9-3-6-14(19-2)12(7-9)15(18)11-8-10(17)4-5-13(11)16/h3-8H,17H2,1-2H3. The number of nitrogens with two attached hydrogens (primary N) is 1. The Kier molecular flexibility index (Phi) is 3.51. The van der Waals surface area contributed by atoms with Crippen LogP contribution in [0.1, 0.15) is 21.5 Å². The second-order valence-corrected chi connectivity index (χ2v) is 4.27. The van der Waals surface area contributed by atoms with Crippen LogP contribution in [0.2, 0.25) is 0 Å². The van der Waals surface area contributed by atoms with Gasteiger partial charge in [-0.2, -0.15) is 0 Å². The van der Waals surface area contributed by atoms with Crippen LogP contribution in [0.15, 0.2) is 36.4 Å². The number of hydrogen-bond donors (Lipinski definition) is 1. The number of methoxy groups -OCH3 is 1. The molecular weight excluding hydrogens is 245 g/mol. The lowest BCUT2D eigenvalue weighted by Crippen LogP contribution is -2.07. The van der Waals surface area contributed by atoms with Crippen LogP contribution in [0.5, 0.6) is 5.75 Å². The Labute approximate surface area is 110 Å². The zero-order chi connectivity index (χ0) is 14.0. The van der Waals surface area contributed by atoms with Crippen LogP contribution >= 0.6 is 0 Å². The molecule has 0 aliphatic carbocycles. The molecule has 0 heterocycles. The molecule has 0 amide bonds. The molecule has 4 heteroatoms. The molecule has 0 aliphatic rings. The molecule has 0 saturated heterocycles. The van der Waals surface area contributed by atoms with Gasteiger partial charge in [0.05, 0.1) is 18.2 Å². The number of benzene rings is 2. The van der Waals surface area contributed by atoms with Crippen LogP contribution in [-0.4, -0.2) is 12.9 Å². The highest BCUT2D eigenvalue weighted by molar-refractivity contribution is 6.11. The summed E-state index contributed by atoms with van der Waals surface area (Å²) in [5.41, 5.74) is 7.11. The van der Waals surface area contributed by atoms with Crippen molar-refractivity contribution in [3.63, 3.8) is 0 Å². The Balaban J connectivity index is 2.55. The number of carbonyl (C=O) groups is 1. The van der Waals surface area contributed by atoms with Gasteiger partial charge in [0, 0.05) is 5.69 Å². The second-order valence-electron chi connectivity index (χ2n) is 4.27. The number of anilines is 1. The molecular formula is C15H14FNO2. The van der Waals surface area contributed by atoms with E-state index in [9.17, 15) is 9.18 Å². The van der Waals surface area contributed by atoms with E-state index < -0.39 is 11.6 Å². The smallest absolute Gasteiger partial charge is 0.199 e. The summed E-state index contributed by atoms with van der Waals surface area (Å²) in [6.45, 7) is 1.85. The Bertz CT molecular complexity index is 638. The van der Waals surface area contributed by atoms with Crippen molar-refractivity contribution in [2.45, 2.75) is 6.92 Å². The van der Waals surface area contributed by atoms with E-state index in [-0.39, 0.29) is 5.56 Å². The van der Waals surface area contributed by atoms with Crippen molar-refractivity contribution >= 4 is 11.5 Å². The van der Waals surface area contributed by atoms with Crippen molar-refractivity contribution < 1.29 is 13.9 Å². The van der Waals surface area contributed by atoms with E-state index in [0.717, 1.165) is 5.56 Å². The second kappa shape index (κ2) is 5.10. The van der Waals surface area contributed by atoms with Crippen molar-refractivity contribution in [2.75, 3.05) is 12.8 Å². The van der Waals surface area contributed by atoms with E-state index >= 15 is 0 Å². The van der Waals surface area contributed by atoms with Gasteiger partial charge in [0.15, 0.2) is 5.78 Å². The molecule has 2 N–H and O–H groups in total. The molecule has 2 aromatic rings. The zero-order valence-electron chi connectivity index (χ0n) is 10.7. The molecule has 0 radical (unpaired) electrons. The van der Waals surface area contributed by atoms with Gasteiger partial charge in [-0.1, -0.05) is 11.6 Å². The molecule has 0 atom stereocenters. The summed E-state index contributed by atoms with van der Waals surface area (Å²) in [7, 11) is 1.47. The van der Waals surface area contributed by atoms with E-state index in [4.69, 9.17) is 10.5 Å². The molecule has 0 aromatic heterocycles. The molecule has 0 fully saturated rings. The van der Waals surface area contributed by atoms with Crippen molar-refractivity contribution in [3.05, 3.63) is 58.9 Å². The first-order valence-electron chi connectivity index (χ1n) is 5.77. The number of aryl methyl sites for hydroxylation is 1. The van der Waals surface area contributed by atoms with Gasteiger partial charge < -0.3 is 10.5 Å². The van der Waals surface area contributed by atoms with Crippen LogP contribution < -0.4 is 10.5 Å². The van der Waals surface area contributed by atoms with Crippen molar-refractivity contribution in [3.8, 4) is 5.75 Å². The third-order valence-corrected chi connectivity index (χ3v) is 2.83. The Morgan fingerprint density at radius 3 is 2.58 bits per heavy atom. The van der Waals surface area contributed by atoms with Crippen molar-refractivity contribution in [2.24, 2.45) is 0 Å². The van der Waals surface area contributed by atoms with Gasteiger partial charge in [0.2, 0.25) is 0 Å². The first-order valence-corrected chi connectivity index (χ1v) is 5.77. The predicted octanol–water partition coefficient (Wildman–Crippen LogP) is 2.96. The molecule has 2 rings (SSSR count). The highest BCUT2D eigenvalue weighted by atomic mass is 19.1. The maximum atomic E-state index is 13.7. The average molecular weight is 259 g/mol. The normalized spacial score (nSPS) is 10.3. The fraction of sp³-hybridized carbons (Fsp3) is 0.133. The van der Waals surface area contributed by atoms with Crippen LogP contribution in [0.4, 0.5) is 10.1 Å². The maximum Gasteiger partial charge on any atom is 0.199 e. The minimum Gasteiger partial charge on any atom is -0.496 e. The molecule has 0 spiro atoms. The summed E-state index contributed by atoms with van der Waals surface area (Å²) in [5.74, 6) is -0.620. The van der Waals surface area contributed by atoms with Crippen molar-refractivity contribution in [1.82, 2.24) is 0 Å². The van der Waals surface area contributed by atoms with Crippen molar-refractivity contribution in [1.29, 1.82) is 0 Å². The highest BCUT2D eigenvalue weighted by Crippen LogP contribution is 2.24. The van der Waals surface area contributed by atoms with Gasteiger partial charge >= 0.3 is 0 Å². The quantitative estimate of drug-likeness (QED) is 0.681. The molecule has 0 aliphatic heterocycles. The maximum absolute atomic E-state index is 13.7. The van der Waals surface area contributed by atoms with E-state index in [0.29, 0.717) is 17.0 Å². The summed E-state index contributed by atoms with van der Waals surface area (Å²) in [6.07, 6.45) is 0. The van der Waals surface area contributed by atoms with E-state index in [1.54, 1.807) is 12.1 Å². The minimum absolute atomic E-state index is 0.0519. The monoisotopic (exact) mass is 259 g/mol. The number of ketones is 1. The van der Waals surface area contributed by atoms with Crippen LogP contribution in [-0.2, 0) is 0 Å². The number of hydrogen-bond acceptors (Lipinski definition) is 3. The van der Waals surface area contributed by atoms with Gasteiger partial charge in [-0.3, -0.25) is 4.79 Å². The lowest BCUT2D eigenvalue weighted by atomic mass is 10.00. The van der Waals surface area contributed by atoms with Gasteiger partial charge in [-0.25, -0.2) is 4.39 Å². The van der Waals surface area contributed by atoms with E-state index in [1.807, 2.05) is 13.0 Å². The third kappa shape index (κ3) is 2.57. The average Bonchev–Trinajstić information content (AvgIpc) is 2.40. The number of rotatable bonds is 3. The molecule has 0 bridgehead atoms. The lowest BCUT2D eigenvalue weighted by molar-refractivity contribution is 0.103. The fourth-order valence-electron chi connectivity index (χ4n) is 1.86. The predicted molar refractivity (Wildman–Crippen MR) is 72.0 cm³/mol. The summed E-state index contributed by atoms with van der Waals surface area (Å²) < 4.78 is 18.9. The lowest BCUT2D eigenvalue weighted by Gasteiger charge is -2.09. The largest absolute Gasteiger partial charge is 0.496 e. The summed E-state index contributed by atoms with van der Waals surface area (Å²) >= 11 is 0. The van der Waals surface area contributed by atoms with Gasteiger partial charge in [-0.15, -0.1) is 0 Å². The summed E-state index contributed by atoms with van der Waals surface area (Å²) in [5, 5.41) is 0. The van der Waals surface area contributed by atoms with E-state index in [1.165, 1.54) is 25.3 Å². The fourth-order valence-corrected chi connectivity index (χ4v) is 1.86. The van der Waals surface area contributed by atoms with E-state index in [2.05, 4.69) is 0 Å². The van der Waals surface area contributed by atoms with Crippen LogP contribution in [0.25, 0.3) is 0 Å². The molecule has 0 saturated carbocycles. The van der Waals surface area contributed by atoms with Crippen LogP contribution in [0, 0.1) is 12.7 Å². The SMILES string of the molecule is COc1ccc(C)cc1C(=O)c1cc(N)ccc1F. The summed E-state index contributed by atoms with van der Waals surface area (Å²) in [6, 6.07) is 9.12. The number of carbonyl (C=O) groups excluding carboxylic acids is 1. The number of halogens is 1. The van der Waals surface area contributed by atoms with Crippen LogP contribution in [0.3, 0.4) is 0 Å². The Hall–Kier alpha value is -2.36. The highest BCUT2D eigenvalue weighted by Gasteiger charge is 2.18. The number of ether oxygens (including phenoxy) is 1. The number of nitrogen functional groups attached to an aromatic ring is 1.